The van der Waals surface area contributed by atoms with Crippen LogP contribution in [0.5, 0.6) is 0 Å². The van der Waals surface area contributed by atoms with E-state index in [4.69, 9.17) is 16.4 Å². The van der Waals surface area contributed by atoms with Gasteiger partial charge in [-0.05, 0) is 44.4 Å². The first-order valence-corrected chi connectivity index (χ1v) is 7.75. The Morgan fingerprint density at radius 2 is 2.00 bits per heavy atom. The van der Waals surface area contributed by atoms with E-state index in [2.05, 4.69) is 16.9 Å². The van der Waals surface area contributed by atoms with E-state index in [-0.39, 0.29) is 11.6 Å². The van der Waals surface area contributed by atoms with E-state index < -0.39 is 0 Å². The number of halogens is 1. The molecule has 0 fully saturated rings. The van der Waals surface area contributed by atoms with Crippen LogP contribution in [0.15, 0.2) is 29.6 Å². The molecule has 0 radical (unpaired) electrons. The van der Waals surface area contributed by atoms with Gasteiger partial charge in [0.05, 0.1) is 9.94 Å². The number of nitrogens with one attached hydrogen (secondary N) is 1. The van der Waals surface area contributed by atoms with Gasteiger partial charge in [-0.2, -0.15) is 5.48 Å². The molecule has 0 bridgehead atoms. The lowest BCUT2D eigenvalue weighted by Gasteiger charge is -2.24. The SMILES string of the molecule is CC(C)(C)ONC(c1cccs1)c1ccc(Cl)s1. The minimum absolute atomic E-state index is 0.0433. The Kier molecular flexibility index (Phi) is 4.45. The zero-order chi connectivity index (χ0) is 13.2. The third-order valence-electron chi connectivity index (χ3n) is 2.19. The molecule has 0 aliphatic carbocycles. The average Bonchev–Trinajstić information content (AvgIpc) is 2.89. The monoisotopic (exact) mass is 301 g/mol. The molecule has 98 valence electrons. The Labute approximate surface area is 121 Å². The molecule has 0 aliphatic heterocycles. The van der Waals surface area contributed by atoms with E-state index in [0.717, 1.165) is 9.21 Å². The Morgan fingerprint density at radius 3 is 2.50 bits per heavy atom. The van der Waals surface area contributed by atoms with Gasteiger partial charge >= 0.3 is 0 Å². The second-order valence-corrected chi connectivity index (χ2v) is 7.65. The molecule has 2 heterocycles. The van der Waals surface area contributed by atoms with Crippen LogP contribution in [0.3, 0.4) is 0 Å². The molecule has 1 N–H and O–H groups in total. The third-order valence-corrected chi connectivity index (χ3v) is 4.42. The molecule has 5 heteroatoms. The predicted octanol–water partition coefficient (Wildman–Crippen LogP) is 4.87. The first-order valence-electron chi connectivity index (χ1n) is 5.68. The van der Waals surface area contributed by atoms with Crippen molar-refractivity contribution in [2.45, 2.75) is 32.4 Å². The van der Waals surface area contributed by atoms with Crippen molar-refractivity contribution in [2.24, 2.45) is 0 Å². The van der Waals surface area contributed by atoms with Gasteiger partial charge in [-0.15, -0.1) is 22.7 Å². The molecule has 2 aromatic rings. The van der Waals surface area contributed by atoms with Crippen LogP contribution < -0.4 is 5.48 Å². The first kappa shape index (κ1) is 14.0. The molecule has 2 rings (SSSR count). The van der Waals surface area contributed by atoms with Crippen molar-refractivity contribution in [1.82, 2.24) is 5.48 Å². The van der Waals surface area contributed by atoms with Crippen molar-refractivity contribution in [3.8, 4) is 0 Å². The minimum Gasteiger partial charge on any atom is -0.295 e. The zero-order valence-corrected chi connectivity index (χ0v) is 13.0. The number of hydrogen-bond acceptors (Lipinski definition) is 4. The van der Waals surface area contributed by atoms with Crippen LogP contribution in [-0.2, 0) is 4.84 Å². The number of hydroxylamine groups is 1. The lowest BCUT2D eigenvalue weighted by atomic mass is 10.2. The van der Waals surface area contributed by atoms with Crippen LogP contribution in [0.25, 0.3) is 0 Å². The van der Waals surface area contributed by atoms with Crippen LogP contribution >= 0.6 is 34.3 Å². The van der Waals surface area contributed by atoms with Gasteiger partial charge in [0.2, 0.25) is 0 Å². The fourth-order valence-electron chi connectivity index (χ4n) is 1.43. The fourth-order valence-corrected chi connectivity index (χ4v) is 3.41. The molecule has 1 unspecified atom stereocenters. The van der Waals surface area contributed by atoms with Crippen LogP contribution in [-0.4, -0.2) is 5.60 Å². The summed E-state index contributed by atoms with van der Waals surface area (Å²) in [4.78, 5) is 8.08. The second-order valence-electron chi connectivity index (χ2n) is 4.92. The summed E-state index contributed by atoms with van der Waals surface area (Å²) in [6, 6.07) is 8.14. The van der Waals surface area contributed by atoms with Gasteiger partial charge in [-0.3, -0.25) is 4.84 Å². The van der Waals surface area contributed by atoms with E-state index >= 15 is 0 Å². The third kappa shape index (κ3) is 3.80. The summed E-state index contributed by atoms with van der Waals surface area (Å²) in [5, 5.41) is 2.07. The van der Waals surface area contributed by atoms with Gasteiger partial charge in [0.15, 0.2) is 0 Å². The average molecular weight is 302 g/mol. The van der Waals surface area contributed by atoms with Gasteiger partial charge in [0.25, 0.3) is 0 Å². The fraction of sp³-hybridized carbons (Fsp3) is 0.385. The summed E-state index contributed by atoms with van der Waals surface area (Å²) >= 11 is 9.29. The van der Waals surface area contributed by atoms with E-state index in [9.17, 15) is 0 Å². The van der Waals surface area contributed by atoms with Crippen molar-refractivity contribution in [1.29, 1.82) is 0 Å². The highest BCUT2D eigenvalue weighted by Gasteiger charge is 2.20. The van der Waals surface area contributed by atoms with Gasteiger partial charge < -0.3 is 0 Å². The Balaban J connectivity index is 2.19. The van der Waals surface area contributed by atoms with Crippen LogP contribution in [0, 0.1) is 0 Å². The lowest BCUT2D eigenvalue weighted by Crippen LogP contribution is -2.32. The van der Waals surface area contributed by atoms with Crippen molar-refractivity contribution in [2.75, 3.05) is 0 Å². The maximum Gasteiger partial charge on any atom is 0.101 e. The molecular formula is C13H16ClNOS2. The zero-order valence-electron chi connectivity index (χ0n) is 10.6. The normalized spacial score (nSPS) is 13.8. The van der Waals surface area contributed by atoms with E-state index in [0.29, 0.717) is 0 Å². The highest BCUT2D eigenvalue weighted by atomic mass is 35.5. The number of hydrogen-bond donors (Lipinski definition) is 1. The molecule has 2 aromatic heterocycles. The van der Waals surface area contributed by atoms with Gasteiger partial charge in [0.1, 0.15) is 6.04 Å². The molecule has 18 heavy (non-hydrogen) atoms. The quantitative estimate of drug-likeness (QED) is 0.813. The van der Waals surface area contributed by atoms with Crippen molar-refractivity contribution in [3.05, 3.63) is 43.7 Å². The molecule has 0 amide bonds. The van der Waals surface area contributed by atoms with E-state index in [1.165, 1.54) is 4.88 Å². The highest BCUT2D eigenvalue weighted by molar-refractivity contribution is 7.16. The highest BCUT2D eigenvalue weighted by Crippen LogP contribution is 2.33. The van der Waals surface area contributed by atoms with Crippen LogP contribution in [0.2, 0.25) is 4.34 Å². The Hall–Kier alpha value is -0.390. The maximum absolute atomic E-state index is 6.01. The summed E-state index contributed by atoms with van der Waals surface area (Å²) in [6.07, 6.45) is 0. The Morgan fingerprint density at radius 1 is 1.22 bits per heavy atom. The lowest BCUT2D eigenvalue weighted by molar-refractivity contribution is -0.0828. The minimum atomic E-state index is -0.226. The summed E-state index contributed by atoms with van der Waals surface area (Å²) in [5.41, 5.74) is 2.93. The van der Waals surface area contributed by atoms with Crippen molar-refractivity contribution in [3.63, 3.8) is 0 Å². The topological polar surface area (TPSA) is 21.3 Å². The second kappa shape index (κ2) is 5.72. The summed E-state index contributed by atoms with van der Waals surface area (Å²) < 4.78 is 0.795. The number of rotatable bonds is 4. The smallest absolute Gasteiger partial charge is 0.101 e. The van der Waals surface area contributed by atoms with Crippen molar-refractivity contribution >= 4 is 34.3 Å². The van der Waals surface area contributed by atoms with Crippen LogP contribution in [0.1, 0.15) is 36.6 Å². The summed E-state index contributed by atoms with van der Waals surface area (Å²) in [6.45, 7) is 6.06. The van der Waals surface area contributed by atoms with Crippen LogP contribution in [0.4, 0.5) is 0 Å². The van der Waals surface area contributed by atoms with Gasteiger partial charge in [-0.1, -0.05) is 17.7 Å². The number of thiophene rings is 2. The predicted molar refractivity (Wildman–Crippen MR) is 79.5 cm³/mol. The molecular weight excluding hydrogens is 286 g/mol. The van der Waals surface area contributed by atoms with Gasteiger partial charge in [0, 0.05) is 9.75 Å². The Bertz CT molecular complexity index is 487. The molecule has 1 atom stereocenters. The molecule has 0 saturated carbocycles. The van der Waals surface area contributed by atoms with E-state index in [1.807, 2.05) is 39.0 Å². The molecule has 0 aliphatic rings. The van der Waals surface area contributed by atoms with Gasteiger partial charge in [-0.25, -0.2) is 0 Å². The largest absolute Gasteiger partial charge is 0.295 e. The molecule has 2 nitrogen and oxygen atoms in total. The van der Waals surface area contributed by atoms with Crippen molar-refractivity contribution < 1.29 is 4.84 Å². The molecule has 0 aromatic carbocycles. The standard InChI is InChI=1S/C13H16ClNOS2/c1-13(2,3)16-15-12(9-5-4-8-17-9)10-6-7-11(14)18-10/h4-8,12,15H,1-3H3. The summed E-state index contributed by atoms with van der Waals surface area (Å²) in [5.74, 6) is 0. The molecule has 0 saturated heterocycles. The maximum atomic E-state index is 6.01. The summed E-state index contributed by atoms with van der Waals surface area (Å²) in [7, 11) is 0. The molecule has 0 spiro atoms. The first-order chi connectivity index (χ1) is 8.46. The van der Waals surface area contributed by atoms with E-state index in [1.54, 1.807) is 22.7 Å².